The zero-order valence-electron chi connectivity index (χ0n) is 15.8. The Balaban J connectivity index is 1.29. The number of piperidine rings is 1. The highest BCUT2D eigenvalue weighted by atomic mass is 32.2. The van der Waals surface area contributed by atoms with Crippen molar-refractivity contribution in [3.05, 3.63) is 30.3 Å². The van der Waals surface area contributed by atoms with Crippen molar-refractivity contribution in [3.8, 4) is 11.4 Å². The van der Waals surface area contributed by atoms with Gasteiger partial charge in [-0.15, -0.1) is 10.2 Å². The third-order valence-corrected chi connectivity index (χ3v) is 6.32. The molecule has 1 aliphatic carbocycles. The van der Waals surface area contributed by atoms with Crippen LogP contribution in [0.5, 0.6) is 0 Å². The van der Waals surface area contributed by atoms with Crippen LogP contribution in [0.4, 0.5) is 0 Å². The minimum Gasteiger partial charge on any atom is -0.353 e. The number of likely N-dealkylation sites (tertiary alicyclic amines) is 1. The van der Waals surface area contributed by atoms with E-state index in [4.69, 9.17) is 0 Å². The summed E-state index contributed by atoms with van der Waals surface area (Å²) in [6, 6.07) is 11.2. The van der Waals surface area contributed by atoms with E-state index >= 15 is 0 Å². The largest absolute Gasteiger partial charge is 0.353 e. The molecule has 0 bridgehead atoms. The van der Waals surface area contributed by atoms with Gasteiger partial charge in [0.05, 0.1) is 5.75 Å². The first-order valence-electron chi connectivity index (χ1n) is 9.89. The van der Waals surface area contributed by atoms with Gasteiger partial charge >= 0.3 is 0 Å². The number of aromatic nitrogens is 3. The number of hydrogen-bond donors (Lipinski definition) is 1. The summed E-state index contributed by atoms with van der Waals surface area (Å²) in [5.41, 5.74) is 1.05. The van der Waals surface area contributed by atoms with Gasteiger partial charge in [0.25, 0.3) is 0 Å². The van der Waals surface area contributed by atoms with Crippen LogP contribution in [-0.2, 0) is 11.3 Å². The average molecular weight is 386 g/mol. The number of thioether (sulfide) groups is 1. The van der Waals surface area contributed by atoms with Crippen molar-refractivity contribution in [3.63, 3.8) is 0 Å². The second-order valence-electron chi connectivity index (χ2n) is 7.31. The van der Waals surface area contributed by atoms with Crippen LogP contribution in [0, 0.1) is 0 Å². The van der Waals surface area contributed by atoms with Crippen LogP contribution in [0.25, 0.3) is 11.4 Å². The van der Waals surface area contributed by atoms with Crippen molar-refractivity contribution in [1.29, 1.82) is 0 Å². The molecule has 1 aromatic heterocycles. The zero-order valence-corrected chi connectivity index (χ0v) is 16.6. The van der Waals surface area contributed by atoms with E-state index in [-0.39, 0.29) is 5.91 Å². The van der Waals surface area contributed by atoms with Crippen LogP contribution in [0.2, 0.25) is 0 Å². The number of carbonyl (C=O) groups is 1. The van der Waals surface area contributed by atoms with Crippen molar-refractivity contribution < 1.29 is 4.79 Å². The first-order chi connectivity index (χ1) is 13.2. The number of hydrogen-bond acceptors (Lipinski definition) is 5. The average Bonchev–Trinajstić information content (AvgIpc) is 3.47. The second-order valence-corrected chi connectivity index (χ2v) is 8.26. The van der Waals surface area contributed by atoms with E-state index in [0.717, 1.165) is 55.1 Å². The number of benzene rings is 1. The molecule has 0 atom stereocenters. The van der Waals surface area contributed by atoms with Crippen molar-refractivity contribution in [2.75, 3.05) is 18.8 Å². The van der Waals surface area contributed by atoms with Gasteiger partial charge < -0.3 is 14.8 Å². The summed E-state index contributed by atoms with van der Waals surface area (Å²) >= 11 is 1.47. The maximum absolute atomic E-state index is 12.4. The lowest BCUT2D eigenvalue weighted by Gasteiger charge is -2.32. The van der Waals surface area contributed by atoms with Gasteiger partial charge in [0.2, 0.25) is 5.91 Å². The van der Waals surface area contributed by atoms with Crippen molar-refractivity contribution in [2.24, 2.45) is 0 Å². The molecule has 2 fully saturated rings. The Labute approximate surface area is 164 Å². The van der Waals surface area contributed by atoms with E-state index in [9.17, 15) is 4.79 Å². The molecule has 1 aliphatic heterocycles. The molecule has 0 radical (unpaired) electrons. The molecule has 4 rings (SSSR count). The Morgan fingerprint density at radius 2 is 1.89 bits per heavy atom. The molecule has 27 heavy (non-hydrogen) atoms. The molecule has 6 nitrogen and oxygen atoms in total. The highest BCUT2D eigenvalue weighted by Crippen LogP contribution is 2.29. The molecule has 0 unspecified atom stereocenters. The maximum atomic E-state index is 12.4. The summed E-state index contributed by atoms with van der Waals surface area (Å²) in [5.74, 6) is 1.33. The van der Waals surface area contributed by atoms with Gasteiger partial charge in [0.1, 0.15) is 0 Å². The molecule has 0 spiro atoms. The number of carbonyl (C=O) groups excluding carboxylic acids is 1. The Morgan fingerprint density at radius 3 is 2.56 bits per heavy atom. The van der Waals surface area contributed by atoms with E-state index in [1.807, 2.05) is 30.3 Å². The van der Waals surface area contributed by atoms with E-state index < -0.39 is 0 Å². The highest BCUT2D eigenvalue weighted by molar-refractivity contribution is 7.99. The fraction of sp³-hybridized carbons (Fsp3) is 0.550. The molecule has 1 saturated heterocycles. The Bertz CT molecular complexity index is 766. The lowest BCUT2D eigenvalue weighted by Crippen LogP contribution is -2.45. The minimum absolute atomic E-state index is 0.0942. The molecule has 2 heterocycles. The molecule has 144 valence electrons. The third kappa shape index (κ3) is 4.52. The first-order valence-corrected chi connectivity index (χ1v) is 10.9. The molecule has 1 amide bonds. The SMILES string of the molecule is CCn1c(SCC(=O)NC2CCN(C3CC3)CC2)nnc1-c1ccccc1. The van der Waals surface area contributed by atoms with Gasteiger partial charge in [-0.25, -0.2) is 0 Å². The lowest BCUT2D eigenvalue weighted by atomic mass is 10.1. The predicted molar refractivity (Wildman–Crippen MR) is 108 cm³/mol. The van der Waals surface area contributed by atoms with Crippen LogP contribution in [0.1, 0.15) is 32.6 Å². The van der Waals surface area contributed by atoms with E-state index in [2.05, 4.69) is 31.9 Å². The fourth-order valence-electron chi connectivity index (χ4n) is 3.73. The van der Waals surface area contributed by atoms with Crippen LogP contribution in [0.15, 0.2) is 35.5 Å². The number of amides is 1. The van der Waals surface area contributed by atoms with Gasteiger partial charge in [-0.2, -0.15) is 0 Å². The summed E-state index contributed by atoms with van der Waals surface area (Å²) < 4.78 is 2.07. The normalized spacial score (nSPS) is 18.6. The molecule has 1 aromatic carbocycles. The maximum Gasteiger partial charge on any atom is 0.230 e. The van der Waals surface area contributed by atoms with Crippen LogP contribution in [0.3, 0.4) is 0 Å². The van der Waals surface area contributed by atoms with Crippen LogP contribution >= 0.6 is 11.8 Å². The van der Waals surface area contributed by atoms with Crippen LogP contribution in [-0.4, -0.2) is 56.5 Å². The minimum atomic E-state index is 0.0942. The Hall–Kier alpha value is -1.86. The Kier molecular flexibility index (Phi) is 5.78. The standard InChI is InChI=1S/C20H27N5OS/c1-2-25-19(15-6-4-3-5-7-15)22-23-20(25)27-14-18(26)21-16-10-12-24(13-11-16)17-8-9-17/h3-7,16-17H,2,8-14H2,1H3,(H,21,26). The number of nitrogens with zero attached hydrogens (tertiary/aromatic N) is 4. The molecule has 1 saturated carbocycles. The van der Waals surface area contributed by atoms with Crippen molar-refractivity contribution in [2.45, 2.75) is 56.4 Å². The van der Waals surface area contributed by atoms with E-state index in [0.29, 0.717) is 11.8 Å². The molecular formula is C20H27N5OS. The van der Waals surface area contributed by atoms with Gasteiger partial charge in [-0.05, 0) is 32.6 Å². The topological polar surface area (TPSA) is 63.1 Å². The molecule has 7 heteroatoms. The fourth-order valence-corrected chi connectivity index (χ4v) is 4.54. The van der Waals surface area contributed by atoms with Gasteiger partial charge in [-0.1, -0.05) is 42.1 Å². The quantitative estimate of drug-likeness (QED) is 0.743. The smallest absolute Gasteiger partial charge is 0.230 e. The summed E-state index contributed by atoms with van der Waals surface area (Å²) in [5, 5.41) is 12.6. The molecule has 2 aliphatic rings. The van der Waals surface area contributed by atoms with Crippen molar-refractivity contribution >= 4 is 17.7 Å². The number of rotatable bonds is 7. The first kappa shape index (κ1) is 18.5. The predicted octanol–water partition coefficient (Wildman–Crippen LogP) is 2.80. The van der Waals surface area contributed by atoms with Gasteiger partial charge in [0.15, 0.2) is 11.0 Å². The second kappa shape index (κ2) is 8.44. The lowest BCUT2D eigenvalue weighted by molar-refractivity contribution is -0.119. The van der Waals surface area contributed by atoms with Gasteiger partial charge in [-0.3, -0.25) is 4.79 Å². The van der Waals surface area contributed by atoms with E-state index in [1.54, 1.807) is 0 Å². The Morgan fingerprint density at radius 1 is 1.15 bits per heavy atom. The number of nitrogens with one attached hydrogen (secondary N) is 1. The summed E-state index contributed by atoms with van der Waals surface area (Å²) in [7, 11) is 0. The monoisotopic (exact) mass is 385 g/mol. The van der Waals surface area contributed by atoms with Crippen molar-refractivity contribution in [1.82, 2.24) is 25.0 Å². The van der Waals surface area contributed by atoms with Gasteiger partial charge in [0, 0.05) is 37.3 Å². The summed E-state index contributed by atoms with van der Waals surface area (Å²) in [6.45, 7) is 5.09. The molecular weight excluding hydrogens is 358 g/mol. The van der Waals surface area contributed by atoms with Crippen LogP contribution < -0.4 is 5.32 Å². The highest BCUT2D eigenvalue weighted by Gasteiger charge is 2.32. The molecule has 1 N–H and O–H groups in total. The summed E-state index contributed by atoms with van der Waals surface area (Å²) in [4.78, 5) is 15.0. The zero-order chi connectivity index (χ0) is 18.6. The molecule has 2 aromatic rings. The van der Waals surface area contributed by atoms with E-state index in [1.165, 1.54) is 24.6 Å². The third-order valence-electron chi connectivity index (χ3n) is 5.36. The summed E-state index contributed by atoms with van der Waals surface area (Å²) in [6.07, 6.45) is 4.85.